The lowest BCUT2D eigenvalue weighted by Crippen LogP contribution is -2.37. The number of fused-ring (bicyclic) bond motifs is 1. The lowest BCUT2D eigenvalue weighted by atomic mass is 10.1. The van der Waals surface area contributed by atoms with Crippen molar-refractivity contribution in [3.63, 3.8) is 0 Å². The number of guanidine groups is 1. The Morgan fingerprint density at radius 3 is 2.77 bits per heavy atom. The molecule has 0 spiro atoms. The summed E-state index contributed by atoms with van der Waals surface area (Å²) in [5.74, 6) is 1.38. The summed E-state index contributed by atoms with van der Waals surface area (Å²) in [6, 6.07) is 12.9. The Kier molecular flexibility index (Phi) is 7.68. The first-order chi connectivity index (χ1) is 14.6. The molecule has 3 rings (SSSR count). The van der Waals surface area contributed by atoms with Crippen LogP contribution in [0.4, 0.5) is 4.39 Å². The van der Waals surface area contributed by atoms with Crippen molar-refractivity contribution in [1.29, 1.82) is 0 Å². The van der Waals surface area contributed by atoms with Crippen LogP contribution in [0.25, 0.3) is 10.9 Å². The number of hydrogen-bond acceptors (Lipinski definition) is 3. The van der Waals surface area contributed by atoms with Crippen molar-refractivity contribution in [3.8, 4) is 5.75 Å². The minimum atomic E-state index is -0.232. The smallest absolute Gasteiger partial charge is 0.191 e. The standard InChI is InChI=1S/C23H30FN5O/c1-25-23(26-11-10-17-15-27-21-14-19(24)8-9-20(17)21)28-16-18-6-4-5-7-22(18)30-13-12-29(2)3/h4-9,14-15,27H,10-13,16H2,1-3H3,(H2,25,26,28). The lowest BCUT2D eigenvalue weighted by Gasteiger charge is -2.16. The van der Waals surface area contributed by atoms with E-state index in [0.29, 0.717) is 19.7 Å². The van der Waals surface area contributed by atoms with Crippen LogP contribution < -0.4 is 15.4 Å². The normalized spacial score (nSPS) is 11.8. The number of likely N-dealkylation sites (N-methyl/N-ethyl adjacent to an activating group) is 1. The Morgan fingerprint density at radius 2 is 1.97 bits per heavy atom. The van der Waals surface area contributed by atoms with Crippen LogP contribution in [0, 0.1) is 5.82 Å². The van der Waals surface area contributed by atoms with Gasteiger partial charge in [-0.25, -0.2) is 4.39 Å². The van der Waals surface area contributed by atoms with Crippen LogP contribution in [0.3, 0.4) is 0 Å². The molecular weight excluding hydrogens is 381 g/mol. The van der Waals surface area contributed by atoms with E-state index in [2.05, 4.69) is 31.6 Å². The Labute approximate surface area is 177 Å². The molecule has 0 unspecified atom stereocenters. The topological polar surface area (TPSA) is 64.7 Å². The summed E-state index contributed by atoms with van der Waals surface area (Å²) < 4.78 is 19.3. The molecule has 2 aromatic carbocycles. The van der Waals surface area contributed by atoms with Crippen LogP contribution in [-0.2, 0) is 13.0 Å². The molecule has 6 nitrogen and oxygen atoms in total. The van der Waals surface area contributed by atoms with E-state index >= 15 is 0 Å². The van der Waals surface area contributed by atoms with E-state index in [-0.39, 0.29) is 5.82 Å². The SMILES string of the molecule is CN=C(NCCc1c[nH]c2cc(F)ccc12)NCc1ccccc1OCCN(C)C. The van der Waals surface area contributed by atoms with Crippen LogP contribution in [0.5, 0.6) is 5.75 Å². The Balaban J connectivity index is 1.50. The number of rotatable bonds is 9. The van der Waals surface area contributed by atoms with Gasteiger partial charge in [0.05, 0.1) is 0 Å². The highest BCUT2D eigenvalue weighted by atomic mass is 19.1. The number of aromatic amines is 1. The van der Waals surface area contributed by atoms with Gasteiger partial charge in [0.1, 0.15) is 18.2 Å². The minimum Gasteiger partial charge on any atom is -0.492 e. The molecule has 7 heteroatoms. The number of hydrogen-bond donors (Lipinski definition) is 3. The molecule has 0 fully saturated rings. The molecule has 0 aliphatic heterocycles. The number of ether oxygens (including phenoxy) is 1. The summed E-state index contributed by atoms with van der Waals surface area (Å²) in [6.45, 7) is 2.84. The maximum absolute atomic E-state index is 13.3. The third-order valence-electron chi connectivity index (χ3n) is 4.85. The maximum Gasteiger partial charge on any atom is 0.191 e. The fraction of sp³-hybridized carbons (Fsp3) is 0.348. The number of nitrogens with one attached hydrogen (secondary N) is 3. The van der Waals surface area contributed by atoms with Gasteiger partial charge in [0.2, 0.25) is 0 Å². The van der Waals surface area contributed by atoms with Gasteiger partial charge in [-0.2, -0.15) is 0 Å². The van der Waals surface area contributed by atoms with Gasteiger partial charge in [0, 0.05) is 49.3 Å². The van der Waals surface area contributed by atoms with Crippen LogP contribution in [0.15, 0.2) is 53.7 Å². The van der Waals surface area contributed by atoms with E-state index < -0.39 is 0 Å². The molecule has 0 atom stereocenters. The van der Waals surface area contributed by atoms with Crippen molar-refractivity contribution in [2.45, 2.75) is 13.0 Å². The molecule has 0 amide bonds. The van der Waals surface area contributed by atoms with E-state index in [9.17, 15) is 4.39 Å². The largest absolute Gasteiger partial charge is 0.492 e. The molecule has 0 saturated carbocycles. The fourth-order valence-electron chi connectivity index (χ4n) is 3.21. The number of aliphatic imine (C=N–C) groups is 1. The summed E-state index contributed by atoms with van der Waals surface area (Å²) in [6.07, 6.45) is 2.74. The monoisotopic (exact) mass is 411 g/mol. The zero-order valence-corrected chi connectivity index (χ0v) is 17.8. The average Bonchev–Trinajstić information content (AvgIpc) is 3.13. The Morgan fingerprint density at radius 1 is 1.13 bits per heavy atom. The van der Waals surface area contributed by atoms with Crippen molar-refractivity contribution in [2.75, 3.05) is 40.8 Å². The predicted octanol–water partition coefficient (Wildman–Crippen LogP) is 3.16. The molecule has 1 aromatic heterocycles. The number of para-hydroxylation sites is 1. The highest BCUT2D eigenvalue weighted by Gasteiger charge is 2.07. The highest BCUT2D eigenvalue weighted by molar-refractivity contribution is 5.83. The summed E-state index contributed by atoms with van der Waals surface area (Å²) in [7, 11) is 5.81. The van der Waals surface area contributed by atoms with Gasteiger partial charge < -0.3 is 25.3 Å². The number of nitrogens with zero attached hydrogens (tertiary/aromatic N) is 2. The summed E-state index contributed by atoms with van der Waals surface area (Å²) in [5.41, 5.74) is 3.05. The van der Waals surface area contributed by atoms with Crippen LogP contribution >= 0.6 is 0 Å². The molecule has 1 heterocycles. The van der Waals surface area contributed by atoms with Crippen molar-refractivity contribution >= 4 is 16.9 Å². The van der Waals surface area contributed by atoms with Gasteiger partial charge in [0.15, 0.2) is 5.96 Å². The zero-order chi connectivity index (χ0) is 21.3. The first-order valence-corrected chi connectivity index (χ1v) is 10.1. The van der Waals surface area contributed by atoms with Gasteiger partial charge in [-0.05, 0) is 50.3 Å². The van der Waals surface area contributed by atoms with Crippen molar-refractivity contribution in [1.82, 2.24) is 20.5 Å². The van der Waals surface area contributed by atoms with Crippen molar-refractivity contribution in [3.05, 3.63) is 65.6 Å². The van der Waals surface area contributed by atoms with Gasteiger partial charge >= 0.3 is 0 Å². The van der Waals surface area contributed by atoms with Crippen LogP contribution in [-0.4, -0.2) is 56.7 Å². The first-order valence-electron chi connectivity index (χ1n) is 10.1. The van der Waals surface area contributed by atoms with E-state index in [1.165, 1.54) is 12.1 Å². The third kappa shape index (κ3) is 5.97. The number of halogens is 1. The van der Waals surface area contributed by atoms with Crippen LogP contribution in [0.1, 0.15) is 11.1 Å². The predicted molar refractivity (Wildman–Crippen MR) is 121 cm³/mol. The van der Waals surface area contributed by atoms with Gasteiger partial charge in [-0.15, -0.1) is 0 Å². The third-order valence-corrected chi connectivity index (χ3v) is 4.85. The first kappa shape index (κ1) is 21.6. The van der Waals surface area contributed by atoms with Gasteiger partial charge in [0.25, 0.3) is 0 Å². The maximum atomic E-state index is 13.3. The lowest BCUT2D eigenvalue weighted by molar-refractivity contribution is 0.259. The molecule has 0 radical (unpaired) electrons. The van der Waals surface area contributed by atoms with Crippen molar-refractivity contribution in [2.24, 2.45) is 4.99 Å². The van der Waals surface area contributed by atoms with E-state index in [4.69, 9.17) is 4.74 Å². The molecule has 3 N–H and O–H groups in total. The number of aromatic nitrogens is 1. The average molecular weight is 412 g/mol. The second-order valence-corrected chi connectivity index (χ2v) is 7.37. The van der Waals surface area contributed by atoms with E-state index in [1.54, 1.807) is 7.05 Å². The van der Waals surface area contributed by atoms with Gasteiger partial charge in [-0.1, -0.05) is 18.2 Å². The number of H-pyrrole nitrogens is 1. The van der Waals surface area contributed by atoms with Crippen molar-refractivity contribution < 1.29 is 9.13 Å². The molecule has 0 aliphatic rings. The summed E-state index contributed by atoms with van der Waals surface area (Å²) in [4.78, 5) is 9.52. The fourth-order valence-corrected chi connectivity index (χ4v) is 3.21. The van der Waals surface area contributed by atoms with Crippen LogP contribution in [0.2, 0.25) is 0 Å². The second kappa shape index (κ2) is 10.6. The van der Waals surface area contributed by atoms with Gasteiger partial charge in [-0.3, -0.25) is 4.99 Å². The highest BCUT2D eigenvalue weighted by Crippen LogP contribution is 2.19. The van der Waals surface area contributed by atoms with E-state index in [0.717, 1.165) is 46.7 Å². The quantitative estimate of drug-likeness (QED) is 0.374. The molecule has 0 aliphatic carbocycles. The molecule has 160 valence electrons. The molecule has 3 aromatic rings. The molecular formula is C23H30FN5O. The van der Waals surface area contributed by atoms with E-state index in [1.807, 2.05) is 44.6 Å². The second-order valence-electron chi connectivity index (χ2n) is 7.37. The molecule has 30 heavy (non-hydrogen) atoms. The number of benzene rings is 2. The zero-order valence-electron chi connectivity index (χ0n) is 17.8. The molecule has 0 saturated heterocycles. The minimum absolute atomic E-state index is 0.232. The Bertz CT molecular complexity index is 983. The summed E-state index contributed by atoms with van der Waals surface area (Å²) in [5, 5.41) is 7.72. The summed E-state index contributed by atoms with van der Waals surface area (Å²) >= 11 is 0. The molecule has 0 bridgehead atoms. The Hall–Kier alpha value is -3.06.